The van der Waals surface area contributed by atoms with Crippen molar-refractivity contribution >= 4 is 6.29 Å². The summed E-state index contributed by atoms with van der Waals surface area (Å²) in [5.74, 6) is 0.587. The molecule has 3 nitrogen and oxygen atoms in total. The average Bonchev–Trinajstić information content (AvgIpc) is 2.34. The minimum absolute atomic E-state index is 0.505. The van der Waals surface area contributed by atoms with Crippen molar-refractivity contribution in [1.29, 1.82) is 0 Å². The van der Waals surface area contributed by atoms with Gasteiger partial charge in [0, 0.05) is 12.7 Å². The van der Waals surface area contributed by atoms with E-state index in [1.54, 1.807) is 12.5 Å². The Balaban J connectivity index is 2.65. The maximum absolute atomic E-state index is 10.2. The number of hydrogen-bond acceptors (Lipinski definition) is 2. The largest absolute Gasteiger partial charge is 0.336 e. The molecule has 0 radical (unpaired) electrons. The van der Waals surface area contributed by atoms with E-state index in [2.05, 4.69) is 18.8 Å². The Kier molecular flexibility index (Phi) is 2.41. The smallest absolute Gasteiger partial charge is 0.169 e. The Morgan fingerprint density at radius 1 is 1.73 bits per heavy atom. The van der Waals surface area contributed by atoms with Gasteiger partial charge in [0.25, 0.3) is 0 Å². The second kappa shape index (κ2) is 3.32. The summed E-state index contributed by atoms with van der Waals surface area (Å²) in [5, 5.41) is 0. The Bertz CT molecular complexity index is 240. The van der Waals surface area contributed by atoms with Crippen LogP contribution >= 0.6 is 0 Å². The van der Waals surface area contributed by atoms with Crippen molar-refractivity contribution in [1.82, 2.24) is 9.55 Å². The molecule has 0 aromatic carbocycles. The molecule has 3 heteroatoms. The van der Waals surface area contributed by atoms with Crippen molar-refractivity contribution in [2.24, 2.45) is 5.92 Å². The van der Waals surface area contributed by atoms with E-state index in [1.807, 2.05) is 4.57 Å². The molecule has 0 spiro atoms. The Morgan fingerprint density at radius 3 is 2.91 bits per heavy atom. The van der Waals surface area contributed by atoms with E-state index in [9.17, 15) is 4.79 Å². The first kappa shape index (κ1) is 7.98. The topological polar surface area (TPSA) is 34.9 Å². The van der Waals surface area contributed by atoms with Crippen LogP contribution in [-0.4, -0.2) is 15.8 Å². The lowest BCUT2D eigenvalue weighted by atomic mass is 10.2. The maximum atomic E-state index is 10.2. The summed E-state index contributed by atoms with van der Waals surface area (Å²) in [5.41, 5.74) is 0.505. The molecule has 1 heterocycles. The highest BCUT2D eigenvalue weighted by Gasteiger charge is 1.98. The number of carbonyl (C=O) groups excluding carboxylic acids is 1. The molecule has 0 saturated heterocycles. The third-order valence-electron chi connectivity index (χ3n) is 1.35. The van der Waals surface area contributed by atoms with Crippen LogP contribution in [0.3, 0.4) is 0 Å². The van der Waals surface area contributed by atoms with Crippen molar-refractivity contribution < 1.29 is 4.79 Å². The van der Waals surface area contributed by atoms with E-state index >= 15 is 0 Å². The molecule has 0 amide bonds. The van der Waals surface area contributed by atoms with E-state index in [0.29, 0.717) is 11.6 Å². The molecule has 0 aliphatic carbocycles. The van der Waals surface area contributed by atoms with E-state index in [4.69, 9.17) is 0 Å². The van der Waals surface area contributed by atoms with Crippen LogP contribution in [0.1, 0.15) is 24.3 Å². The predicted molar refractivity (Wildman–Crippen MR) is 42.5 cm³/mol. The zero-order valence-electron chi connectivity index (χ0n) is 6.82. The van der Waals surface area contributed by atoms with Gasteiger partial charge >= 0.3 is 0 Å². The third kappa shape index (κ3) is 2.18. The van der Waals surface area contributed by atoms with Gasteiger partial charge in [0.2, 0.25) is 0 Å². The van der Waals surface area contributed by atoms with Gasteiger partial charge in [-0.1, -0.05) is 13.8 Å². The highest BCUT2D eigenvalue weighted by Crippen LogP contribution is 1.99. The van der Waals surface area contributed by atoms with Crippen molar-refractivity contribution in [3.63, 3.8) is 0 Å². The van der Waals surface area contributed by atoms with Gasteiger partial charge in [0.15, 0.2) is 6.29 Å². The van der Waals surface area contributed by atoms with Crippen LogP contribution in [0.15, 0.2) is 12.5 Å². The quantitative estimate of drug-likeness (QED) is 0.613. The lowest BCUT2D eigenvalue weighted by Crippen LogP contribution is -2.01. The van der Waals surface area contributed by atoms with Gasteiger partial charge in [-0.05, 0) is 5.92 Å². The molecule has 0 aliphatic heterocycles. The number of carbonyl (C=O) groups is 1. The molecular weight excluding hydrogens is 140 g/mol. The molecule has 0 saturated carbocycles. The van der Waals surface area contributed by atoms with Crippen LogP contribution in [0.25, 0.3) is 0 Å². The fraction of sp³-hybridized carbons (Fsp3) is 0.500. The molecule has 0 bridgehead atoms. The van der Waals surface area contributed by atoms with Gasteiger partial charge in [-0.3, -0.25) is 4.79 Å². The number of aromatic nitrogens is 2. The van der Waals surface area contributed by atoms with Crippen LogP contribution in [0.4, 0.5) is 0 Å². The summed E-state index contributed by atoms with van der Waals surface area (Å²) in [4.78, 5) is 14.1. The van der Waals surface area contributed by atoms with E-state index < -0.39 is 0 Å². The summed E-state index contributed by atoms with van der Waals surface area (Å²) in [7, 11) is 0. The fourth-order valence-electron chi connectivity index (χ4n) is 0.960. The van der Waals surface area contributed by atoms with Crippen LogP contribution < -0.4 is 0 Å². The molecule has 0 aliphatic rings. The minimum atomic E-state index is 0.505. The summed E-state index contributed by atoms with van der Waals surface area (Å²) in [6.07, 6.45) is 4.20. The minimum Gasteiger partial charge on any atom is -0.336 e. The first-order chi connectivity index (χ1) is 5.22. The fourth-order valence-corrected chi connectivity index (χ4v) is 0.960. The van der Waals surface area contributed by atoms with Gasteiger partial charge < -0.3 is 4.57 Å². The summed E-state index contributed by atoms with van der Waals surface area (Å²) >= 11 is 0. The SMILES string of the molecule is CC(C)Cn1cnc(C=O)c1. The Hall–Kier alpha value is -1.12. The normalized spacial score (nSPS) is 10.5. The van der Waals surface area contributed by atoms with Gasteiger partial charge in [-0.25, -0.2) is 4.98 Å². The summed E-state index contributed by atoms with van der Waals surface area (Å²) in [6.45, 7) is 5.17. The molecule has 11 heavy (non-hydrogen) atoms. The van der Waals surface area contributed by atoms with Crippen molar-refractivity contribution in [3.8, 4) is 0 Å². The second-order valence-electron chi connectivity index (χ2n) is 3.01. The molecule has 60 valence electrons. The Labute approximate surface area is 66.1 Å². The highest BCUT2D eigenvalue weighted by molar-refractivity contribution is 5.70. The molecule has 0 fully saturated rings. The number of rotatable bonds is 3. The second-order valence-corrected chi connectivity index (χ2v) is 3.01. The van der Waals surface area contributed by atoms with Crippen LogP contribution in [0.5, 0.6) is 0 Å². The molecule has 0 N–H and O–H groups in total. The van der Waals surface area contributed by atoms with E-state index in [1.165, 1.54) is 0 Å². The standard InChI is InChI=1S/C8H12N2O/c1-7(2)3-10-4-8(5-11)9-6-10/h4-7H,3H2,1-2H3. The van der Waals surface area contributed by atoms with Gasteiger partial charge in [-0.2, -0.15) is 0 Å². The van der Waals surface area contributed by atoms with Crippen molar-refractivity contribution in [3.05, 3.63) is 18.2 Å². The summed E-state index contributed by atoms with van der Waals surface area (Å²) in [6, 6.07) is 0. The number of imidazole rings is 1. The molecular formula is C8H12N2O. The monoisotopic (exact) mass is 152 g/mol. The van der Waals surface area contributed by atoms with E-state index in [-0.39, 0.29) is 0 Å². The molecule has 1 rings (SSSR count). The zero-order valence-corrected chi connectivity index (χ0v) is 6.82. The molecule has 0 unspecified atom stereocenters. The Morgan fingerprint density at radius 2 is 2.45 bits per heavy atom. The zero-order chi connectivity index (χ0) is 8.27. The lowest BCUT2D eigenvalue weighted by Gasteiger charge is -2.03. The van der Waals surface area contributed by atoms with Crippen LogP contribution in [0, 0.1) is 5.92 Å². The maximum Gasteiger partial charge on any atom is 0.169 e. The van der Waals surface area contributed by atoms with Gasteiger partial charge in [0.05, 0.1) is 6.33 Å². The first-order valence-electron chi connectivity index (χ1n) is 3.69. The van der Waals surface area contributed by atoms with Crippen molar-refractivity contribution in [2.75, 3.05) is 0 Å². The van der Waals surface area contributed by atoms with Gasteiger partial charge in [-0.15, -0.1) is 0 Å². The van der Waals surface area contributed by atoms with Crippen molar-refractivity contribution in [2.45, 2.75) is 20.4 Å². The molecule has 1 aromatic rings. The number of aldehydes is 1. The van der Waals surface area contributed by atoms with Crippen LogP contribution in [-0.2, 0) is 6.54 Å². The predicted octanol–water partition coefficient (Wildman–Crippen LogP) is 1.35. The highest BCUT2D eigenvalue weighted by atomic mass is 16.1. The van der Waals surface area contributed by atoms with Gasteiger partial charge in [0.1, 0.15) is 5.69 Å². The third-order valence-corrected chi connectivity index (χ3v) is 1.35. The molecule has 1 aromatic heterocycles. The number of hydrogen-bond donors (Lipinski definition) is 0. The summed E-state index contributed by atoms with van der Waals surface area (Å²) < 4.78 is 1.92. The van der Waals surface area contributed by atoms with E-state index in [0.717, 1.165) is 12.8 Å². The first-order valence-corrected chi connectivity index (χ1v) is 3.69. The number of nitrogens with zero attached hydrogens (tertiary/aromatic N) is 2. The average molecular weight is 152 g/mol. The lowest BCUT2D eigenvalue weighted by molar-refractivity contribution is 0.111. The van der Waals surface area contributed by atoms with Crippen LogP contribution in [0.2, 0.25) is 0 Å². The molecule has 0 atom stereocenters.